The lowest BCUT2D eigenvalue weighted by Crippen LogP contribution is -2.14. The van der Waals surface area contributed by atoms with Gasteiger partial charge in [0.25, 0.3) is 0 Å². The molecule has 11 heteroatoms. The number of nitriles is 1. The first-order valence-corrected chi connectivity index (χ1v) is 7.96. The summed E-state index contributed by atoms with van der Waals surface area (Å²) < 4.78 is 23.8. The van der Waals surface area contributed by atoms with Crippen LogP contribution < -0.4 is 10.5 Å². The van der Waals surface area contributed by atoms with Gasteiger partial charge in [-0.25, -0.2) is 14.0 Å². The standard InChI is InChI=1S/C13H11ClFN3O2.C4H4O4/c14-9-6-13(8(7-17)5-10(9)15)20-12(1-3-16)11-2-4-19-18-11;5-3(6)1-2-4(7)8/h2,4-6,12H,1,3,16H2;1-2H,(H,5,6)(H,7,8)/b;2-1+/t12-;/m1./s1. The molecule has 1 heterocycles. The summed E-state index contributed by atoms with van der Waals surface area (Å²) in [7, 11) is 0. The number of nitrogens with two attached hydrogens (primary N) is 1. The maximum absolute atomic E-state index is 13.3. The third-order valence-electron chi connectivity index (χ3n) is 3.00. The number of halogens is 2. The number of aromatic nitrogens is 1. The molecule has 1 aromatic carbocycles. The number of carboxylic acids is 2. The fourth-order valence-electron chi connectivity index (χ4n) is 1.82. The Morgan fingerprint density at radius 2 is 2.04 bits per heavy atom. The van der Waals surface area contributed by atoms with E-state index in [4.69, 9.17) is 42.1 Å². The van der Waals surface area contributed by atoms with Crippen molar-refractivity contribution in [1.29, 1.82) is 5.26 Å². The van der Waals surface area contributed by atoms with Gasteiger partial charge in [0.2, 0.25) is 0 Å². The Morgan fingerprint density at radius 3 is 2.50 bits per heavy atom. The van der Waals surface area contributed by atoms with Crippen molar-refractivity contribution in [3.8, 4) is 11.8 Å². The first-order valence-electron chi connectivity index (χ1n) is 7.58. The van der Waals surface area contributed by atoms with Crippen LogP contribution in [0.5, 0.6) is 5.75 Å². The molecule has 0 unspecified atom stereocenters. The molecule has 4 N–H and O–H groups in total. The van der Waals surface area contributed by atoms with E-state index in [0.29, 0.717) is 30.8 Å². The molecule has 0 aliphatic carbocycles. The molecule has 2 aromatic rings. The zero-order chi connectivity index (χ0) is 21.1. The minimum atomic E-state index is -1.26. The molecular weight excluding hydrogens is 397 g/mol. The molecule has 0 aliphatic rings. The van der Waals surface area contributed by atoms with E-state index in [1.54, 1.807) is 6.07 Å². The summed E-state index contributed by atoms with van der Waals surface area (Å²) in [6.07, 6.45) is 2.50. The molecule has 0 bridgehead atoms. The Kier molecular flexibility index (Phi) is 9.15. The molecule has 0 radical (unpaired) electrons. The minimum Gasteiger partial charge on any atom is -0.482 e. The van der Waals surface area contributed by atoms with E-state index in [-0.39, 0.29) is 16.3 Å². The molecule has 2 rings (SSSR count). The summed E-state index contributed by atoms with van der Waals surface area (Å²) in [4.78, 5) is 19.1. The van der Waals surface area contributed by atoms with Gasteiger partial charge in [0.05, 0.1) is 10.6 Å². The van der Waals surface area contributed by atoms with Crippen LogP contribution in [0.15, 0.2) is 41.1 Å². The van der Waals surface area contributed by atoms with Gasteiger partial charge in [-0.1, -0.05) is 16.8 Å². The highest BCUT2D eigenvalue weighted by molar-refractivity contribution is 6.30. The smallest absolute Gasteiger partial charge is 0.328 e. The molecule has 1 aromatic heterocycles. The second kappa shape index (κ2) is 11.3. The number of hydrogen-bond acceptors (Lipinski definition) is 7. The maximum atomic E-state index is 13.3. The molecular formula is C17H15ClFN3O6. The van der Waals surface area contributed by atoms with Gasteiger partial charge in [-0.05, 0) is 12.6 Å². The zero-order valence-electron chi connectivity index (χ0n) is 14.2. The molecule has 0 fully saturated rings. The van der Waals surface area contributed by atoms with Crippen LogP contribution in [0.2, 0.25) is 5.02 Å². The van der Waals surface area contributed by atoms with Crippen LogP contribution >= 0.6 is 11.6 Å². The van der Waals surface area contributed by atoms with Gasteiger partial charge in [0.15, 0.2) is 0 Å². The summed E-state index contributed by atoms with van der Waals surface area (Å²) in [5.74, 6) is -3.01. The predicted molar refractivity (Wildman–Crippen MR) is 94.1 cm³/mol. The van der Waals surface area contributed by atoms with Crippen molar-refractivity contribution < 1.29 is 33.5 Å². The number of benzene rings is 1. The lowest BCUT2D eigenvalue weighted by Gasteiger charge is -2.17. The van der Waals surface area contributed by atoms with Crippen LogP contribution in [0.3, 0.4) is 0 Å². The average Bonchev–Trinajstić information content (AvgIpc) is 3.17. The van der Waals surface area contributed by atoms with Gasteiger partial charge in [0, 0.05) is 30.7 Å². The Morgan fingerprint density at radius 1 is 1.39 bits per heavy atom. The van der Waals surface area contributed by atoms with Crippen molar-refractivity contribution >= 4 is 23.5 Å². The van der Waals surface area contributed by atoms with E-state index in [0.717, 1.165) is 6.07 Å². The third kappa shape index (κ3) is 7.45. The number of ether oxygens (including phenoxy) is 1. The van der Waals surface area contributed by atoms with E-state index in [1.807, 2.05) is 6.07 Å². The number of nitrogens with zero attached hydrogens (tertiary/aromatic N) is 2. The van der Waals surface area contributed by atoms with Crippen molar-refractivity contribution in [2.24, 2.45) is 5.73 Å². The highest BCUT2D eigenvalue weighted by Crippen LogP contribution is 2.30. The van der Waals surface area contributed by atoms with Crippen LogP contribution in [0.4, 0.5) is 4.39 Å². The monoisotopic (exact) mass is 411 g/mol. The predicted octanol–water partition coefficient (Wildman–Crippen LogP) is 2.52. The summed E-state index contributed by atoms with van der Waals surface area (Å²) in [6, 6.07) is 5.78. The third-order valence-corrected chi connectivity index (χ3v) is 3.29. The van der Waals surface area contributed by atoms with Crippen LogP contribution in [0.1, 0.15) is 23.8 Å². The summed E-state index contributed by atoms with van der Waals surface area (Å²) in [6.45, 7) is 0.355. The molecule has 148 valence electrons. The fraction of sp³-hybridized carbons (Fsp3) is 0.176. The van der Waals surface area contributed by atoms with E-state index < -0.39 is 23.9 Å². The first-order chi connectivity index (χ1) is 13.3. The Labute approximate surface area is 163 Å². The summed E-state index contributed by atoms with van der Waals surface area (Å²) in [5.41, 5.74) is 6.12. The minimum absolute atomic E-state index is 0.0532. The van der Waals surface area contributed by atoms with Crippen molar-refractivity contribution in [2.75, 3.05) is 6.54 Å². The van der Waals surface area contributed by atoms with Crippen molar-refractivity contribution in [3.05, 3.63) is 58.7 Å². The lowest BCUT2D eigenvalue weighted by molar-refractivity contribution is -0.134. The number of hydrogen-bond donors (Lipinski definition) is 3. The Balaban J connectivity index is 0.000000416. The van der Waals surface area contributed by atoms with Crippen molar-refractivity contribution in [1.82, 2.24) is 5.16 Å². The average molecular weight is 412 g/mol. The topological polar surface area (TPSA) is 160 Å². The van der Waals surface area contributed by atoms with Gasteiger partial charge in [0.1, 0.15) is 35.7 Å². The maximum Gasteiger partial charge on any atom is 0.328 e. The molecule has 0 saturated carbocycles. The Hall–Kier alpha value is -3.42. The van der Waals surface area contributed by atoms with Crippen LogP contribution in [0, 0.1) is 17.1 Å². The quantitative estimate of drug-likeness (QED) is 0.581. The number of carbonyl (C=O) groups is 2. The van der Waals surface area contributed by atoms with Gasteiger partial charge in [-0.3, -0.25) is 0 Å². The van der Waals surface area contributed by atoms with Crippen molar-refractivity contribution in [3.63, 3.8) is 0 Å². The van der Waals surface area contributed by atoms with E-state index in [9.17, 15) is 14.0 Å². The van der Waals surface area contributed by atoms with Crippen molar-refractivity contribution in [2.45, 2.75) is 12.5 Å². The summed E-state index contributed by atoms with van der Waals surface area (Å²) in [5, 5.41) is 28.3. The largest absolute Gasteiger partial charge is 0.482 e. The fourth-order valence-corrected chi connectivity index (χ4v) is 1.97. The number of rotatable bonds is 7. The van der Waals surface area contributed by atoms with Gasteiger partial charge < -0.3 is 25.2 Å². The molecule has 28 heavy (non-hydrogen) atoms. The van der Waals surface area contributed by atoms with Gasteiger partial charge in [-0.2, -0.15) is 5.26 Å². The van der Waals surface area contributed by atoms with Crippen LogP contribution in [0.25, 0.3) is 0 Å². The lowest BCUT2D eigenvalue weighted by atomic mass is 10.1. The molecule has 1 atom stereocenters. The number of carboxylic acid groups (broad SMARTS) is 2. The Bertz CT molecular complexity index is 864. The van der Waals surface area contributed by atoms with Crippen LogP contribution in [-0.2, 0) is 9.59 Å². The van der Waals surface area contributed by atoms with E-state index in [1.165, 1.54) is 12.3 Å². The first kappa shape index (κ1) is 22.6. The normalized spacial score (nSPS) is 11.2. The molecule has 0 aliphatic heterocycles. The second-order valence-corrected chi connectivity index (χ2v) is 5.40. The second-order valence-electron chi connectivity index (χ2n) is 4.99. The van der Waals surface area contributed by atoms with Gasteiger partial charge >= 0.3 is 11.9 Å². The summed E-state index contributed by atoms with van der Waals surface area (Å²) >= 11 is 5.70. The number of aliphatic carboxylic acids is 2. The molecule has 0 amide bonds. The van der Waals surface area contributed by atoms with E-state index in [2.05, 4.69) is 5.16 Å². The highest BCUT2D eigenvalue weighted by Gasteiger charge is 2.19. The zero-order valence-corrected chi connectivity index (χ0v) is 15.0. The van der Waals surface area contributed by atoms with Gasteiger partial charge in [-0.15, -0.1) is 0 Å². The molecule has 0 spiro atoms. The molecule has 9 nitrogen and oxygen atoms in total. The van der Waals surface area contributed by atoms with E-state index >= 15 is 0 Å². The van der Waals surface area contributed by atoms with Crippen LogP contribution in [-0.4, -0.2) is 33.9 Å². The SMILES string of the molecule is N#Cc1cc(F)c(Cl)cc1O[C@H](CCN)c1ccon1.O=C(O)/C=C/C(=O)O. The molecule has 0 saturated heterocycles. The highest BCUT2D eigenvalue weighted by atomic mass is 35.5.